The van der Waals surface area contributed by atoms with Crippen molar-refractivity contribution in [1.29, 1.82) is 0 Å². The summed E-state index contributed by atoms with van der Waals surface area (Å²) in [7, 11) is 0. The van der Waals surface area contributed by atoms with Crippen LogP contribution < -0.4 is 4.74 Å². The Labute approximate surface area is 229 Å². The Morgan fingerprint density at radius 1 is 0.500 bits per heavy atom. The van der Waals surface area contributed by atoms with Crippen molar-refractivity contribution in [3.05, 3.63) is 41.9 Å². The van der Waals surface area contributed by atoms with Crippen LogP contribution in [0.1, 0.15) is 6.42 Å². The van der Waals surface area contributed by atoms with E-state index in [0.717, 1.165) is 0 Å². The number of rotatable bonds is 26. The van der Waals surface area contributed by atoms with E-state index in [4.69, 9.17) is 37.9 Å². The molecular weight excluding hydrogens is 555 g/mol. The zero-order valence-electron chi connectivity index (χ0n) is 22.1. The largest absolute Gasteiger partial charge is 0.499 e. The van der Waals surface area contributed by atoms with Crippen LogP contribution >= 0.6 is 0 Å². The lowest BCUT2D eigenvalue weighted by Gasteiger charge is -2.09. The minimum atomic E-state index is -2.35. The van der Waals surface area contributed by atoms with E-state index >= 15 is 0 Å². The maximum absolute atomic E-state index is 13.5. The summed E-state index contributed by atoms with van der Waals surface area (Å²) in [6.07, 6.45) is 0.880. The standard InChI is InChI=1S/C25H35F5O10/c1-2-32-5-6-34-9-10-36-13-14-38-17-18-39-16-15-37-12-11-35-8-7-33-4-3-19(31)40-25-23(29)21(27)20(26)22(28)24(25)30/h2H,1,3-18H2. The quantitative estimate of drug-likeness (QED) is 0.0305. The van der Waals surface area contributed by atoms with Gasteiger partial charge < -0.3 is 42.6 Å². The molecule has 10 nitrogen and oxygen atoms in total. The average molecular weight is 591 g/mol. The molecule has 1 aromatic carbocycles. The highest BCUT2D eigenvalue weighted by Gasteiger charge is 2.28. The Hall–Kier alpha value is -2.40. The lowest BCUT2D eigenvalue weighted by Crippen LogP contribution is -2.16. The van der Waals surface area contributed by atoms with Crippen LogP contribution in [-0.4, -0.2) is 105 Å². The normalized spacial score (nSPS) is 11.1. The predicted octanol–water partition coefficient (Wildman–Crippen LogP) is 2.95. The molecular formula is C25H35F5O10. The van der Waals surface area contributed by atoms with Gasteiger partial charge in [0.2, 0.25) is 34.8 Å². The minimum Gasteiger partial charge on any atom is -0.499 e. The summed E-state index contributed by atoms with van der Waals surface area (Å²) < 4.78 is 112. The van der Waals surface area contributed by atoms with Crippen molar-refractivity contribution in [2.24, 2.45) is 0 Å². The molecule has 0 saturated heterocycles. The molecule has 15 heteroatoms. The molecule has 0 atom stereocenters. The van der Waals surface area contributed by atoms with Gasteiger partial charge in [-0.05, 0) is 0 Å². The molecule has 0 fully saturated rings. The third kappa shape index (κ3) is 16.0. The third-order valence-electron chi connectivity index (χ3n) is 4.53. The topological polar surface area (TPSA) is 100 Å². The highest BCUT2D eigenvalue weighted by atomic mass is 19.2. The van der Waals surface area contributed by atoms with Crippen LogP contribution in [0.4, 0.5) is 22.0 Å². The summed E-state index contributed by atoms with van der Waals surface area (Å²) in [5.74, 6) is -14.1. The van der Waals surface area contributed by atoms with Gasteiger partial charge in [-0.2, -0.15) is 8.78 Å². The van der Waals surface area contributed by atoms with Gasteiger partial charge in [-0.3, -0.25) is 4.79 Å². The van der Waals surface area contributed by atoms with Crippen LogP contribution in [0, 0.1) is 29.1 Å². The van der Waals surface area contributed by atoms with E-state index in [1.54, 1.807) is 0 Å². The maximum Gasteiger partial charge on any atom is 0.313 e. The first kappa shape index (κ1) is 35.6. The smallest absolute Gasteiger partial charge is 0.313 e. The molecule has 0 aliphatic heterocycles. The molecule has 1 rings (SSSR count). The number of hydrogen-bond donors (Lipinski definition) is 0. The molecule has 0 bridgehead atoms. The average Bonchev–Trinajstić information content (AvgIpc) is 2.95. The summed E-state index contributed by atoms with van der Waals surface area (Å²) in [5.41, 5.74) is 0. The van der Waals surface area contributed by atoms with Gasteiger partial charge in [-0.1, -0.05) is 6.58 Å². The van der Waals surface area contributed by atoms with Crippen LogP contribution in [0.25, 0.3) is 0 Å². The monoisotopic (exact) mass is 590 g/mol. The zero-order chi connectivity index (χ0) is 29.4. The van der Waals surface area contributed by atoms with Crippen molar-refractivity contribution in [1.82, 2.24) is 0 Å². The third-order valence-corrected chi connectivity index (χ3v) is 4.53. The van der Waals surface area contributed by atoms with Crippen LogP contribution in [-0.2, 0) is 42.7 Å². The van der Waals surface area contributed by atoms with Crippen LogP contribution in [0.3, 0.4) is 0 Å². The lowest BCUT2D eigenvalue weighted by atomic mass is 10.2. The first-order valence-corrected chi connectivity index (χ1v) is 12.4. The summed E-state index contributed by atoms with van der Waals surface area (Å²) in [4.78, 5) is 11.6. The van der Waals surface area contributed by atoms with E-state index in [1.807, 2.05) is 0 Å². The van der Waals surface area contributed by atoms with Crippen LogP contribution in [0.5, 0.6) is 5.75 Å². The van der Waals surface area contributed by atoms with Gasteiger partial charge in [0.1, 0.15) is 6.61 Å². The highest BCUT2D eigenvalue weighted by Crippen LogP contribution is 2.29. The summed E-state index contributed by atoms with van der Waals surface area (Å²) >= 11 is 0. The molecule has 1 aromatic rings. The van der Waals surface area contributed by atoms with Crippen molar-refractivity contribution < 1.29 is 69.4 Å². The Morgan fingerprint density at radius 3 is 1.15 bits per heavy atom. The predicted molar refractivity (Wildman–Crippen MR) is 128 cm³/mol. The SMILES string of the molecule is C=COCCOCCOCCOCCOCCOCCOCCOCCC(=O)Oc1c(F)c(F)c(F)c(F)c1F. The molecule has 40 heavy (non-hydrogen) atoms. The van der Waals surface area contributed by atoms with Crippen molar-refractivity contribution in [2.45, 2.75) is 6.42 Å². The van der Waals surface area contributed by atoms with E-state index in [-0.39, 0.29) is 26.4 Å². The second-order valence-electron chi connectivity index (χ2n) is 7.45. The zero-order valence-corrected chi connectivity index (χ0v) is 22.1. The van der Waals surface area contributed by atoms with E-state index in [1.165, 1.54) is 6.26 Å². The van der Waals surface area contributed by atoms with Crippen LogP contribution in [0.2, 0.25) is 0 Å². The van der Waals surface area contributed by atoms with Gasteiger partial charge in [0.05, 0.1) is 105 Å². The fourth-order valence-corrected chi connectivity index (χ4v) is 2.61. The van der Waals surface area contributed by atoms with E-state index in [2.05, 4.69) is 11.3 Å². The second kappa shape index (κ2) is 23.3. The first-order chi connectivity index (χ1) is 19.4. The highest BCUT2D eigenvalue weighted by molar-refractivity contribution is 5.72. The fraction of sp³-hybridized carbons (Fsp3) is 0.640. The fourth-order valence-electron chi connectivity index (χ4n) is 2.61. The van der Waals surface area contributed by atoms with Gasteiger partial charge in [-0.25, -0.2) is 13.2 Å². The summed E-state index contributed by atoms with van der Waals surface area (Å²) in [6, 6.07) is 0. The second-order valence-corrected chi connectivity index (χ2v) is 7.45. The number of carbonyl (C=O) groups is 1. The molecule has 0 N–H and O–H groups in total. The van der Waals surface area contributed by atoms with Crippen molar-refractivity contribution in [2.75, 3.05) is 99.1 Å². The molecule has 0 unspecified atom stereocenters. The van der Waals surface area contributed by atoms with E-state index in [9.17, 15) is 26.7 Å². The molecule has 0 saturated carbocycles. The number of esters is 1. The molecule has 0 spiro atoms. The van der Waals surface area contributed by atoms with Crippen molar-refractivity contribution >= 4 is 5.97 Å². The number of benzene rings is 1. The van der Waals surface area contributed by atoms with Gasteiger partial charge in [0, 0.05) is 0 Å². The number of carbonyl (C=O) groups excluding carboxylic acids is 1. The van der Waals surface area contributed by atoms with E-state index in [0.29, 0.717) is 72.7 Å². The Kier molecular flexibility index (Phi) is 20.8. The maximum atomic E-state index is 13.5. The lowest BCUT2D eigenvalue weighted by molar-refractivity contribution is -0.136. The minimum absolute atomic E-state index is 0.0866. The number of hydrogen-bond acceptors (Lipinski definition) is 10. The molecule has 0 radical (unpaired) electrons. The molecule has 0 amide bonds. The molecule has 0 heterocycles. The number of ether oxygens (including phenoxy) is 9. The van der Waals surface area contributed by atoms with Gasteiger partial charge >= 0.3 is 5.97 Å². The Balaban J connectivity index is 1.85. The Morgan fingerprint density at radius 2 is 0.800 bits per heavy atom. The number of halogens is 5. The molecule has 230 valence electrons. The molecule has 0 aliphatic rings. The first-order valence-electron chi connectivity index (χ1n) is 12.4. The summed E-state index contributed by atoms with van der Waals surface area (Å²) in [6.45, 7) is 8.45. The van der Waals surface area contributed by atoms with Gasteiger partial charge in [0.25, 0.3) is 0 Å². The van der Waals surface area contributed by atoms with Crippen molar-refractivity contribution in [3.8, 4) is 5.75 Å². The van der Waals surface area contributed by atoms with E-state index < -0.39 is 47.2 Å². The van der Waals surface area contributed by atoms with Gasteiger partial charge in [0.15, 0.2) is 0 Å². The molecule has 0 aliphatic carbocycles. The van der Waals surface area contributed by atoms with Crippen molar-refractivity contribution in [3.63, 3.8) is 0 Å². The van der Waals surface area contributed by atoms with Gasteiger partial charge in [-0.15, -0.1) is 0 Å². The summed E-state index contributed by atoms with van der Waals surface area (Å²) in [5, 5.41) is 0. The Bertz CT molecular complexity index is 818. The molecule has 0 aromatic heterocycles. The van der Waals surface area contributed by atoms with Crippen LogP contribution in [0.15, 0.2) is 12.8 Å².